The maximum atomic E-state index is 11.8. The van der Waals surface area contributed by atoms with Crippen molar-refractivity contribution >= 4 is 46.8 Å². The van der Waals surface area contributed by atoms with E-state index in [0.29, 0.717) is 22.2 Å². The van der Waals surface area contributed by atoms with Crippen LogP contribution in [-0.4, -0.2) is 34.0 Å². The van der Waals surface area contributed by atoms with Gasteiger partial charge < -0.3 is 10.4 Å². The van der Waals surface area contributed by atoms with Gasteiger partial charge in [0.05, 0.1) is 5.25 Å². The lowest BCUT2D eigenvalue weighted by Gasteiger charge is -2.26. The summed E-state index contributed by atoms with van der Waals surface area (Å²) in [5, 5.41) is 12.1. The summed E-state index contributed by atoms with van der Waals surface area (Å²) in [5.74, 6) is -0.941. The summed E-state index contributed by atoms with van der Waals surface area (Å²) < 4.78 is 0. The van der Waals surface area contributed by atoms with E-state index in [1.165, 1.54) is 11.8 Å². The Balaban J connectivity index is 2.06. The Morgan fingerprint density at radius 3 is 2.84 bits per heavy atom. The molecule has 1 saturated heterocycles. The number of thioether (sulfide) groups is 1. The van der Waals surface area contributed by atoms with Crippen LogP contribution in [0.3, 0.4) is 0 Å². The first kappa shape index (κ1) is 14.5. The zero-order valence-corrected chi connectivity index (χ0v) is 12.1. The minimum absolute atomic E-state index is 0.278. The second-order valence-electron chi connectivity index (χ2n) is 4.16. The summed E-state index contributed by atoms with van der Waals surface area (Å²) in [7, 11) is 0. The standard InChI is InChI=1S/C12H11Cl2NO3S/c13-7-1-2-8(14)6(3-7)4-10-11(16)15-9(5-19-10)12(17)18/h1-3,9-10H,4-5H2,(H,15,16)(H,17,18)/t9-,10+/m1/s1. The summed E-state index contributed by atoms with van der Waals surface area (Å²) in [4.78, 5) is 22.6. The van der Waals surface area contributed by atoms with Gasteiger partial charge in [0.1, 0.15) is 6.04 Å². The third kappa shape index (κ3) is 3.55. The number of hydrogen-bond acceptors (Lipinski definition) is 3. The highest BCUT2D eigenvalue weighted by atomic mass is 35.5. The molecule has 0 saturated carbocycles. The topological polar surface area (TPSA) is 66.4 Å². The second-order valence-corrected chi connectivity index (χ2v) is 6.24. The maximum Gasteiger partial charge on any atom is 0.327 e. The van der Waals surface area contributed by atoms with Crippen LogP contribution in [0, 0.1) is 0 Å². The van der Waals surface area contributed by atoms with Gasteiger partial charge in [-0.25, -0.2) is 4.79 Å². The molecule has 19 heavy (non-hydrogen) atoms. The molecule has 1 aromatic rings. The van der Waals surface area contributed by atoms with Gasteiger partial charge >= 0.3 is 5.97 Å². The minimum Gasteiger partial charge on any atom is -0.480 e. The predicted molar refractivity (Wildman–Crippen MR) is 76.0 cm³/mol. The monoisotopic (exact) mass is 319 g/mol. The Labute approximate surface area is 124 Å². The molecule has 2 atom stereocenters. The van der Waals surface area contributed by atoms with Crippen molar-refractivity contribution in [3.05, 3.63) is 33.8 Å². The van der Waals surface area contributed by atoms with Crippen molar-refractivity contribution in [2.45, 2.75) is 17.7 Å². The lowest BCUT2D eigenvalue weighted by atomic mass is 10.1. The summed E-state index contributed by atoms with van der Waals surface area (Å²) in [6.45, 7) is 0. The Kier molecular flexibility index (Phi) is 4.60. The number of carbonyl (C=O) groups excluding carboxylic acids is 1. The summed E-state index contributed by atoms with van der Waals surface area (Å²) in [6, 6.07) is 4.27. The Morgan fingerprint density at radius 1 is 1.47 bits per heavy atom. The highest BCUT2D eigenvalue weighted by Gasteiger charge is 2.32. The molecule has 1 aliphatic rings. The molecule has 0 unspecified atom stereocenters. The first-order valence-corrected chi connectivity index (χ1v) is 7.36. The molecule has 2 rings (SSSR count). The molecule has 102 valence electrons. The van der Waals surface area contributed by atoms with Crippen LogP contribution in [0.1, 0.15) is 5.56 Å². The third-order valence-electron chi connectivity index (χ3n) is 2.78. The molecule has 1 amide bonds. The largest absolute Gasteiger partial charge is 0.480 e. The average Bonchev–Trinajstić information content (AvgIpc) is 2.36. The Morgan fingerprint density at radius 2 is 2.21 bits per heavy atom. The van der Waals surface area contributed by atoms with Crippen LogP contribution in [0.15, 0.2) is 18.2 Å². The van der Waals surface area contributed by atoms with Gasteiger partial charge in [0.25, 0.3) is 0 Å². The van der Waals surface area contributed by atoms with Gasteiger partial charge in [-0.1, -0.05) is 23.2 Å². The summed E-state index contributed by atoms with van der Waals surface area (Å²) in [5.41, 5.74) is 0.788. The number of carboxylic acid groups (broad SMARTS) is 1. The molecule has 0 bridgehead atoms. The highest BCUT2D eigenvalue weighted by Crippen LogP contribution is 2.27. The maximum absolute atomic E-state index is 11.8. The van der Waals surface area contributed by atoms with Gasteiger partial charge in [0, 0.05) is 15.8 Å². The molecule has 1 heterocycles. The average molecular weight is 320 g/mol. The number of aliphatic carboxylic acids is 1. The lowest BCUT2D eigenvalue weighted by Crippen LogP contribution is -2.51. The van der Waals surface area contributed by atoms with Crippen LogP contribution >= 0.6 is 35.0 Å². The molecule has 7 heteroatoms. The number of carbonyl (C=O) groups is 2. The van der Waals surface area contributed by atoms with Crippen LogP contribution in [0.5, 0.6) is 0 Å². The normalized spacial score (nSPS) is 22.9. The van der Waals surface area contributed by atoms with Crippen molar-refractivity contribution in [1.82, 2.24) is 5.32 Å². The minimum atomic E-state index is -1.01. The SMILES string of the molecule is O=C1N[C@@H](C(=O)O)CS[C@H]1Cc1cc(Cl)ccc1Cl. The molecular weight excluding hydrogens is 309 g/mol. The molecule has 2 N–H and O–H groups in total. The van der Waals surface area contributed by atoms with E-state index in [9.17, 15) is 9.59 Å². The smallest absolute Gasteiger partial charge is 0.327 e. The van der Waals surface area contributed by atoms with E-state index in [-0.39, 0.29) is 11.2 Å². The molecule has 0 aliphatic carbocycles. The quantitative estimate of drug-likeness (QED) is 0.896. The molecule has 0 radical (unpaired) electrons. The zero-order valence-electron chi connectivity index (χ0n) is 9.73. The number of rotatable bonds is 3. The lowest BCUT2D eigenvalue weighted by molar-refractivity contribution is -0.141. The van der Waals surface area contributed by atoms with Crippen molar-refractivity contribution in [2.24, 2.45) is 0 Å². The fraction of sp³-hybridized carbons (Fsp3) is 0.333. The van der Waals surface area contributed by atoms with E-state index in [4.69, 9.17) is 28.3 Å². The van der Waals surface area contributed by atoms with Gasteiger partial charge in [0.15, 0.2) is 0 Å². The van der Waals surface area contributed by atoms with Gasteiger partial charge in [-0.05, 0) is 30.2 Å². The number of halogens is 2. The van der Waals surface area contributed by atoms with E-state index in [2.05, 4.69) is 5.32 Å². The Hall–Kier alpha value is -0.910. The number of benzene rings is 1. The van der Waals surface area contributed by atoms with Crippen LogP contribution in [0.25, 0.3) is 0 Å². The fourth-order valence-electron chi connectivity index (χ4n) is 1.78. The highest BCUT2D eigenvalue weighted by molar-refractivity contribution is 8.00. The molecule has 4 nitrogen and oxygen atoms in total. The molecule has 0 aromatic heterocycles. The van der Waals surface area contributed by atoms with Gasteiger partial charge in [0.2, 0.25) is 5.91 Å². The first-order valence-electron chi connectivity index (χ1n) is 5.56. The van der Waals surface area contributed by atoms with E-state index in [1.54, 1.807) is 18.2 Å². The second kappa shape index (κ2) is 6.03. The number of nitrogens with one attached hydrogen (secondary N) is 1. The van der Waals surface area contributed by atoms with Crippen molar-refractivity contribution in [3.63, 3.8) is 0 Å². The predicted octanol–water partition coefficient (Wildman–Crippen LogP) is 2.22. The molecule has 1 aromatic carbocycles. The van der Waals surface area contributed by atoms with Crippen molar-refractivity contribution < 1.29 is 14.7 Å². The number of carboxylic acids is 1. The van der Waals surface area contributed by atoms with Gasteiger partial charge in [-0.3, -0.25) is 4.79 Å². The first-order chi connectivity index (χ1) is 8.97. The summed E-state index contributed by atoms with van der Waals surface area (Å²) in [6.07, 6.45) is 0.433. The molecule has 1 fully saturated rings. The van der Waals surface area contributed by atoms with Crippen LogP contribution in [-0.2, 0) is 16.0 Å². The Bertz CT molecular complexity index is 524. The van der Waals surface area contributed by atoms with Crippen molar-refractivity contribution in [1.29, 1.82) is 0 Å². The van der Waals surface area contributed by atoms with Crippen LogP contribution in [0.2, 0.25) is 10.0 Å². The molecule has 0 spiro atoms. The summed E-state index contributed by atoms with van der Waals surface area (Å²) >= 11 is 13.3. The van der Waals surface area contributed by atoms with Crippen LogP contribution < -0.4 is 5.32 Å². The van der Waals surface area contributed by atoms with E-state index < -0.39 is 12.0 Å². The van der Waals surface area contributed by atoms with E-state index in [0.717, 1.165) is 5.56 Å². The van der Waals surface area contributed by atoms with Crippen molar-refractivity contribution in [2.75, 3.05) is 5.75 Å². The molecule has 1 aliphatic heterocycles. The zero-order chi connectivity index (χ0) is 14.0. The number of amides is 1. The van der Waals surface area contributed by atoms with Crippen LogP contribution in [0.4, 0.5) is 0 Å². The number of hydrogen-bond donors (Lipinski definition) is 2. The van der Waals surface area contributed by atoms with Crippen molar-refractivity contribution in [3.8, 4) is 0 Å². The third-order valence-corrected chi connectivity index (χ3v) is 4.70. The van der Waals surface area contributed by atoms with E-state index >= 15 is 0 Å². The van der Waals surface area contributed by atoms with Gasteiger partial charge in [-0.15, -0.1) is 11.8 Å². The van der Waals surface area contributed by atoms with E-state index in [1.807, 2.05) is 0 Å². The fourth-order valence-corrected chi connectivity index (χ4v) is 3.34. The molecular formula is C12H11Cl2NO3S. The van der Waals surface area contributed by atoms with Gasteiger partial charge in [-0.2, -0.15) is 0 Å².